The van der Waals surface area contributed by atoms with Crippen molar-refractivity contribution in [2.45, 2.75) is 76.0 Å². The number of para-hydroxylation sites is 1. The topological polar surface area (TPSA) is 205 Å². The maximum absolute atomic E-state index is 14.1. The molecule has 6 amide bonds. The number of rotatable bonds is 17. The number of fused-ring (bicyclic) bond motifs is 1. The largest absolute Gasteiger partial charge is 0.464 e. The van der Waals surface area contributed by atoms with Crippen molar-refractivity contribution in [3.63, 3.8) is 0 Å². The molecule has 0 spiro atoms. The Morgan fingerprint density at radius 2 is 1.71 bits per heavy atom. The van der Waals surface area contributed by atoms with Gasteiger partial charge in [-0.25, -0.2) is 9.59 Å². The fraction of sp³-hybridized carbons (Fsp3) is 0.405. The van der Waals surface area contributed by atoms with Crippen LogP contribution in [0.4, 0.5) is 4.79 Å². The Labute approximate surface area is 296 Å². The molecular weight excluding hydrogens is 654 g/mol. The molecule has 2 aromatic carbocycles. The molecule has 3 aromatic rings. The predicted molar refractivity (Wildman–Crippen MR) is 191 cm³/mol. The van der Waals surface area contributed by atoms with Gasteiger partial charge in [-0.2, -0.15) is 0 Å². The number of H-pyrrole nitrogens is 1. The molecule has 0 bridgehead atoms. The highest BCUT2D eigenvalue weighted by Gasteiger charge is 2.38. The van der Waals surface area contributed by atoms with Crippen molar-refractivity contribution >= 4 is 46.5 Å². The molecule has 2 heterocycles. The van der Waals surface area contributed by atoms with E-state index < -0.39 is 59.8 Å². The number of ether oxygens (including phenoxy) is 1. The molecule has 1 saturated heterocycles. The van der Waals surface area contributed by atoms with E-state index in [0.29, 0.717) is 25.7 Å². The molecular formula is C37H47N7O7. The summed E-state index contributed by atoms with van der Waals surface area (Å²) in [7, 11) is 0. The van der Waals surface area contributed by atoms with Gasteiger partial charge in [-0.3, -0.25) is 19.2 Å². The fourth-order valence-corrected chi connectivity index (χ4v) is 6.23. The van der Waals surface area contributed by atoms with Crippen LogP contribution in [0.2, 0.25) is 0 Å². The van der Waals surface area contributed by atoms with E-state index in [4.69, 9.17) is 10.5 Å². The zero-order valence-electron chi connectivity index (χ0n) is 28.8. The molecule has 14 heteroatoms. The van der Waals surface area contributed by atoms with E-state index in [1.54, 1.807) is 13.1 Å². The third-order valence-electron chi connectivity index (χ3n) is 8.76. The van der Waals surface area contributed by atoms with Gasteiger partial charge < -0.3 is 41.6 Å². The molecule has 4 atom stereocenters. The molecule has 0 unspecified atom stereocenters. The van der Waals surface area contributed by atoms with Crippen LogP contribution in [0, 0.1) is 0 Å². The van der Waals surface area contributed by atoms with E-state index in [1.807, 2.05) is 54.6 Å². The van der Waals surface area contributed by atoms with E-state index in [0.717, 1.165) is 28.1 Å². The first-order chi connectivity index (χ1) is 24.6. The van der Waals surface area contributed by atoms with Gasteiger partial charge in [0.2, 0.25) is 23.6 Å². The Balaban J connectivity index is 1.58. The van der Waals surface area contributed by atoms with Crippen LogP contribution in [-0.2, 0) is 41.6 Å². The van der Waals surface area contributed by atoms with Gasteiger partial charge in [0, 0.05) is 43.0 Å². The van der Waals surface area contributed by atoms with Crippen molar-refractivity contribution in [1.29, 1.82) is 0 Å². The number of urea groups is 1. The third kappa shape index (κ3) is 10.9. The van der Waals surface area contributed by atoms with E-state index in [9.17, 15) is 28.8 Å². The number of aromatic nitrogens is 1. The molecule has 1 aliphatic heterocycles. The van der Waals surface area contributed by atoms with E-state index in [-0.39, 0.29) is 39.0 Å². The molecule has 0 aliphatic carbocycles. The Hall–Kier alpha value is -5.66. The van der Waals surface area contributed by atoms with Crippen molar-refractivity contribution < 1.29 is 33.5 Å². The van der Waals surface area contributed by atoms with Crippen LogP contribution in [0.1, 0.15) is 50.2 Å². The second-order valence-electron chi connectivity index (χ2n) is 12.4. The molecule has 1 fully saturated rings. The number of aromatic amines is 1. The summed E-state index contributed by atoms with van der Waals surface area (Å²) in [6.07, 6.45) is 5.29. The van der Waals surface area contributed by atoms with Crippen molar-refractivity contribution in [3.8, 4) is 0 Å². The fourth-order valence-electron chi connectivity index (χ4n) is 6.23. The number of carbonyl (C=O) groups excluding carboxylic acids is 6. The van der Waals surface area contributed by atoms with Gasteiger partial charge in [0.1, 0.15) is 24.2 Å². The first-order valence-electron chi connectivity index (χ1n) is 17.2. The van der Waals surface area contributed by atoms with Crippen molar-refractivity contribution in [3.05, 3.63) is 84.6 Å². The molecule has 7 N–H and O–H groups in total. The lowest BCUT2D eigenvalue weighted by atomic mass is 9.97. The van der Waals surface area contributed by atoms with Gasteiger partial charge in [-0.15, -0.1) is 0 Å². The number of nitrogens with zero attached hydrogens (tertiary/aromatic N) is 1. The minimum Gasteiger partial charge on any atom is -0.464 e. The summed E-state index contributed by atoms with van der Waals surface area (Å²) in [4.78, 5) is 83.3. The molecule has 4 rings (SSSR count). The maximum atomic E-state index is 14.1. The Morgan fingerprint density at radius 1 is 0.961 bits per heavy atom. The summed E-state index contributed by atoms with van der Waals surface area (Å²) < 4.78 is 5.21. The predicted octanol–water partition coefficient (Wildman–Crippen LogP) is 1.99. The summed E-state index contributed by atoms with van der Waals surface area (Å²) in [6.45, 7) is 5.72. The highest BCUT2D eigenvalue weighted by molar-refractivity contribution is 5.97. The molecule has 1 aliphatic rings. The van der Waals surface area contributed by atoms with E-state index in [1.165, 1.54) is 4.90 Å². The SMILES string of the molecule is C=CC(=O)N[C@@H](Cc1ccccc1)C(=O)N1CCCC[C@H]1C(=O)N[C@@H](Cc1c[nH]c2ccccc12)C(=O)N[C@@H](CCCNC(N)=O)C(=O)OCC. The number of piperidine rings is 1. The van der Waals surface area contributed by atoms with Crippen molar-refractivity contribution in [2.24, 2.45) is 5.73 Å². The number of likely N-dealkylation sites (tertiary alicyclic amines) is 1. The lowest BCUT2D eigenvalue weighted by Crippen LogP contribution is -2.60. The summed E-state index contributed by atoms with van der Waals surface area (Å²) in [5.74, 6) is -2.74. The number of hydrogen-bond donors (Lipinski definition) is 6. The number of nitrogens with one attached hydrogen (secondary N) is 5. The van der Waals surface area contributed by atoms with Crippen molar-refractivity contribution in [2.75, 3.05) is 19.7 Å². The maximum Gasteiger partial charge on any atom is 0.328 e. The normalized spacial score (nSPS) is 15.9. The molecule has 1 aromatic heterocycles. The molecule has 0 radical (unpaired) electrons. The van der Waals surface area contributed by atoms with Gasteiger partial charge in [0.25, 0.3) is 0 Å². The first kappa shape index (κ1) is 38.1. The van der Waals surface area contributed by atoms with Gasteiger partial charge >= 0.3 is 12.0 Å². The quantitative estimate of drug-likeness (QED) is 0.0701. The highest BCUT2D eigenvalue weighted by atomic mass is 16.5. The minimum atomic E-state index is -1.14. The number of hydrogen-bond acceptors (Lipinski definition) is 7. The van der Waals surface area contributed by atoms with Gasteiger partial charge in [0.15, 0.2) is 0 Å². The summed E-state index contributed by atoms with van der Waals surface area (Å²) in [6, 6.07) is 12.0. The van der Waals surface area contributed by atoms with Crippen LogP contribution < -0.4 is 27.0 Å². The second kappa shape index (κ2) is 18.9. The average molecular weight is 702 g/mol. The first-order valence-corrected chi connectivity index (χ1v) is 17.2. The number of nitrogens with two attached hydrogens (primary N) is 1. The third-order valence-corrected chi connectivity index (χ3v) is 8.76. The minimum absolute atomic E-state index is 0.0764. The lowest BCUT2D eigenvalue weighted by molar-refractivity contribution is -0.148. The monoisotopic (exact) mass is 701 g/mol. The Morgan fingerprint density at radius 3 is 2.43 bits per heavy atom. The number of esters is 1. The van der Waals surface area contributed by atoms with Crippen LogP contribution in [0.5, 0.6) is 0 Å². The van der Waals surface area contributed by atoms with Gasteiger partial charge in [-0.05, 0) is 62.3 Å². The lowest BCUT2D eigenvalue weighted by Gasteiger charge is -2.37. The zero-order valence-corrected chi connectivity index (χ0v) is 28.8. The second-order valence-corrected chi connectivity index (χ2v) is 12.4. The molecule has 14 nitrogen and oxygen atoms in total. The Kier molecular flexibility index (Phi) is 14.2. The summed E-state index contributed by atoms with van der Waals surface area (Å²) >= 11 is 0. The van der Waals surface area contributed by atoms with Crippen LogP contribution in [0.3, 0.4) is 0 Å². The average Bonchev–Trinajstić information content (AvgIpc) is 3.54. The van der Waals surface area contributed by atoms with E-state index in [2.05, 4.69) is 32.8 Å². The standard InChI is InChI=1S/C37H47N7O7/c1-3-32(45)41-30(21-24-13-6-5-7-14-24)35(48)44-20-11-10-18-31(44)34(47)43-29(22-25-23-40-27-16-9-8-15-26(25)27)33(46)42-28(36(49)51-4-2)17-12-19-39-37(38)50/h3,5-9,13-16,23,28-31,40H,1,4,10-12,17-22H2,2H3,(H,41,45)(H,42,46)(H,43,47)(H3,38,39,50)/t28-,29-,30-,31-/m0/s1. The van der Waals surface area contributed by atoms with Crippen LogP contribution in [-0.4, -0.2) is 89.4 Å². The molecule has 0 saturated carbocycles. The summed E-state index contributed by atoms with van der Waals surface area (Å²) in [5, 5.41) is 11.7. The van der Waals surface area contributed by atoms with Crippen molar-refractivity contribution in [1.82, 2.24) is 31.2 Å². The van der Waals surface area contributed by atoms with Crippen LogP contribution in [0.25, 0.3) is 10.9 Å². The number of amides is 6. The molecule has 272 valence electrons. The number of benzene rings is 2. The smallest absolute Gasteiger partial charge is 0.328 e. The number of carbonyl (C=O) groups is 6. The van der Waals surface area contributed by atoms with Crippen LogP contribution in [0.15, 0.2) is 73.4 Å². The molecule has 51 heavy (non-hydrogen) atoms. The zero-order chi connectivity index (χ0) is 36.8. The summed E-state index contributed by atoms with van der Waals surface area (Å²) in [5.41, 5.74) is 7.59. The van der Waals surface area contributed by atoms with Gasteiger partial charge in [-0.1, -0.05) is 55.1 Å². The van der Waals surface area contributed by atoms with E-state index >= 15 is 0 Å². The highest BCUT2D eigenvalue weighted by Crippen LogP contribution is 2.22. The van der Waals surface area contributed by atoms with Gasteiger partial charge in [0.05, 0.1) is 6.61 Å². The Bertz CT molecular complexity index is 1690. The number of primary amides is 1. The van der Waals surface area contributed by atoms with Crippen LogP contribution >= 0.6 is 0 Å².